The molecule has 88 valence electrons. The van der Waals surface area contributed by atoms with Gasteiger partial charge in [-0.25, -0.2) is 0 Å². The highest BCUT2D eigenvalue weighted by Gasteiger charge is 2.40. The molecular formula is C10H5F3N2O2. The Morgan fingerprint density at radius 3 is 2.53 bits per heavy atom. The Morgan fingerprint density at radius 1 is 1.24 bits per heavy atom. The van der Waals surface area contributed by atoms with Gasteiger partial charge in [-0.3, -0.25) is 15.1 Å². The summed E-state index contributed by atoms with van der Waals surface area (Å²) in [6.45, 7) is 0. The summed E-state index contributed by atoms with van der Waals surface area (Å²) < 4.78 is 38.4. The molecule has 1 aromatic heterocycles. The first-order chi connectivity index (χ1) is 7.91. The lowest BCUT2D eigenvalue weighted by molar-refractivity contribution is -0.387. The smallest absolute Gasteiger partial charge is 0.264 e. The number of rotatable bonds is 1. The number of hydrogen-bond acceptors (Lipinski definition) is 3. The molecule has 0 radical (unpaired) electrons. The molecule has 0 fully saturated rings. The van der Waals surface area contributed by atoms with Gasteiger partial charge in [0, 0.05) is 23.8 Å². The molecule has 0 aliphatic carbocycles. The largest absolute Gasteiger partial charge is 0.423 e. The van der Waals surface area contributed by atoms with E-state index in [0.717, 1.165) is 12.3 Å². The number of halogens is 3. The van der Waals surface area contributed by atoms with E-state index in [0.29, 0.717) is 0 Å². The van der Waals surface area contributed by atoms with E-state index in [1.165, 1.54) is 18.3 Å². The van der Waals surface area contributed by atoms with Gasteiger partial charge in [-0.15, -0.1) is 0 Å². The molecule has 17 heavy (non-hydrogen) atoms. The Bertz CT molecular complexity index is 596. The van der Waals surface area contributed by atoms with Crippen LogP contribution in [-0.2, 0) is 6.18 Å². The van der Waals surface area contributed by atoms with Crippen LogP contribution in [0.15, 0.2) is 30.6 Å². The molecular weight excluding hydrogens is 237 g/mol. The van der Waals surface area contributed by atoms with Crippen molar-refractivity contribution in [1.29, 1.82) is 0 Å². The molecule has 0 N–H and O–H groups in total. The number of hydrogen-bond donors (Lipinski definition) is 0. The van der Waals surface area contributed by atoms with Crippen LogP contribution >= 0.6 is 0 Å². The van der Waals surface area contributed by atoms with Crippen molar-refractivity contribution in [2.24, 2.45) is 0 Å². The lowest BCUT2D eigenvalue weighted by Crippen LogP contribution is -2.09. The molecule has 0 aliphatic rings. The predicted molar refractivity (Wildman–Crippen MR) is 53.4 cm³/mol. The first-order valence-electron chi connectivity index (χ1n) is 4.49. The molecule has 0 saturated heterocycles. The average Bonchev–Trinajstić information content (AvgIpc) is 2.26. The third-order valence-electron chi connectivity index (χ3n) is 2.28. The van der Waals surface area contributed by atoms with Crippen LogP contribution < -0.4 is 0 Å². The van der Waals surface area contributed by atoms with E-state index in [2.05, 4.69) is 4.98 Å². The van der Waals surface area contributed by atoms with Crippen LogP contribution in [0.3, 0.4) is 0 Å². The molecule has 0 unspecified atom stereocenters. The molecule has 7 heteroatoms. The Balaban J connectivity index is 2.90. The minimum atomic E-state index is -4.79. The van der Waals surface area contributed by atoms with Gasteiger partial charge in [-0.2, -0.15) is 13.2 Å². The number of aromatic nitrogens is 1. The van der Waals surface area contributed by atoms with E-state index >= 15 is 0 Å². The van der Waals surface area contributed by atoms with E-state index < -0.39 is 22.4 Å². The van der Waals surface area contributed by atoms with Crippen LogP contribution in [0, 0.1) is 10.1 Å². The maximum absolute atomic E-state index is 12.8. The second kappa shape index (κ2) is 3.69. The summed E-state index contributed by atoms with van der Waals surface area (Å²) in [6.07, 6.45) is -2.48. The number of nitro groups is 1. The summed E-state index contributed by atoms with van der Waals surface area (Å²) in [7, 11) is 0. The zero-order valence-electron chi connectivity index (χ0n) is 8.23. The fourth-order valence-corrected chi connectivity index (χ4v) is 1.60. The highest BCUT2D eigenvalue weighted by Crippen LogP contribution is 2.40. The molecule has 1 aromatic carbocycles. The summed E-state index contributed by atoms with van der Waals surface area (Å²) in [5.74, 6) is 0. The number of nitrogens with zero attached hydrogens (tertiary/aromatic N) is 2. The zero-order valence-corrected chi connectivity index (χ0v) is 8.23. The van der Waals surface area contributed by atoms with Gasteiger partial charge in [0.2, 0.25) is 0 Å². The van der Waals surface area contributed by atoms with Crippen molar-refractivity contribution in [3.05, 3.63) is 46.3 Å². The second-order valence-corrected chi connectivity index (χ2v) is 3.31. The fourth-order valence-electron chi connectivity index (χ4n) is 1.60. The number of alkyl halides is 3. The normalized spacial score (nSPS) is 11.7. The quantitative estimate of drug-likeness (QED) is 0.570. The predicted octanol–water partition coefficient (Wildman–Crippen LogP) is 3.16. The van der Waals surface area contributed by atoms with Crippen LogP contribution in [0.1, 0.15) is 5.56 Å². The van der Waals surface area contributed by atoms with Crippen molar-refractivity contribution < 1.29 is 18.1 Å². The molecule has 0 amide bonds. The van der Waals surface area contributed by atoms with Gasteiger partial charge in [0.25, 0.3) is 5.69 Å². The molecule has 0 atom stereocenters. The molecule has 0 saturated carbocycles. The van der Waals surface area contributed by atoms with Crippen LogP contribution in [0.25, 0.3) is 10.8 Å². The van der Waals surface area contributed by atoms with Crippen LogP contribution in [0.5, 0.6) is 0 Å². The summed E-state index contributed by atoms with van der Waals surface area (Å²) in [5.41, 5.74) is -2.22. The highest BCUT2D eigenvalue weighted by molar-refractivity contribution is 5.88. The summed E-state index contributed by atoms with van der Waals surface area (Å²) in [6, 6.07) is 3.49. The molecule has 1 heterocycles. The molecule has 2 aromatic rings. The van der Waals surface area contributed by atoms with Crippen LogP contribution in [0.2, 0.25) is 0 Å². The van der Waals surface area contributed by atoms with Crippen molar-refractivity contribution in [2.45, 2.75) is 6.18 Å². The Morgan fingerprint density at radius 2 is 1.94 bits per heavy atom. The van der Waals surface area contributed by atoms with Gasteiger partial charge < -0.3 is 0 Å². The maximum Gasteiger partial charge on any atom is 0.423 e. The van der Waals surface area contributed by atoms with Crippen molar-refractivity contribution in [2.75, 3.05) is 0 Å². The first-order valence-corrected chi connectivity index (χ1v) is 4.49. The third-order valence-corrected chi connectivity index (χ3v) is 2.28. The molecule has 0 bridgehead atoms. The highest BCUT2D eigenvalue weighted by atomic mass is 19.4. The average molecular weight is 242 g/mol. The Hall–Kier alpha value is -2.18. The van der Waals surface area contributed by atoms with E-state index in [9.17, 15) is 23.3 Å². The van der Waals surface area contributed by atoms with Crippen molar-refractivity contribution >= 4 is 16.5 Å². The minimum absolute atomic E-state index is 0.262. The number of nitro benzene ring substituents is 1. The van der Waals surface area contributed by atoms with Crippen LogP contribution in [0.4, 0.5) is 18.9 Å². The van der Waals surface area contributed by atoms with Gasteiger partial charge in [0.15, 0.2) is 0 Å². The van der Waals surface area contributed by atoms with E-state index in [1.54, 1.807) is 0 Å². The van der Waals surface area contributed by atoms with Gasteiger partial charge in [0.05, 0.1) is 4.92 Å². The summed E-state index contributed by atoms with van der Waals surface area (Å²) in [4.78, 5) is 13.1. The second-order valence-electron chi connectivity index (χ2n) is 3.31. The van der Waals surface area contributed by atoms with E-state index in [4.69, 9.17) is 0 Å². The monoisotopic (exact) mass is 242 g/mol. The molecule has 0 aliphatic heterocycles. The summed E-state index contributed by atoms with van der Waals surface area (Å²) in [5, 5.41) is 10.6. The van der Waals surface area contributed by atoms with Gasteiger partial charge in [0.1, 0.15) is 5.56 Å². The van der Waals surface area contributed by atoms with Gasteiger partial charge >= 0.3 is 6.18 Å². The maximum atomic E-state index is 12.8. The Labute approximate surface area is 92.8 Å². The van der Waals surface area contributed by atoms with Gasteiger partial charge in [-0.05, 0) is 17.5 Å². The standard InChI is InChI=1S/C10H5F3N2O2/c11-10(12,13)9-7-5-14-4-3-6(7)1-2-8(9)15(16)17/h1-5H. The SMILES string of the molecule is O=[N+]([O-])c1ccc2ccncc2c1C(F)(F)F. The van der Waals surface area contributed by atoms with Crippen LogP contribution in [-0.4, -0.2) is 9.91 Å². The molecule has 0 spiro atoms. The topological polar surface area (TPSA) is 56.0 Å². The van der Waals surface area contributed by atoms with Crippen molar-refractivity contribution in [3.63, 3.8) is 0 Å². The fraction of sp³-hybridized carbons (Fsp3) is 0.100. The number of benzene rings is 1. The number of pyridine rings is 1. The Kier molecular flexibility index (Phi) is 2.45. The van der Waals surface area contributed by atoms with E-state index in [-0.39, 0.29) is 10.8 Å². The lowest BCUT2D eigenvalue weighted by atomic mass is 10.0. The number of fused-ring (bicyclic) bond motifs is 1. The molecule has 2 rings (SSSR count). The third kappa shape index (κ3) is 1.91. The zero-order chi connectivity index (χ0) is 12.6. The van der Waals surface area contributed by atoms with Crippen molar-refractivity contribution in [1.82, 2.24) is 4.98 Å². The van der Waals surface area contributed by atoms with E-state index in [1.807, 2.05) is 0 Å². The minimum Gasteiger partial charge on any atom is -0.264 e. The molecule has 4 nitrogen and oxygen atoms in total. The van der Waals surface area contributed by atoms with Gasteiger partial charge in [-0.1, -0.05) is 0 Å². The summed E-state index contributed by atoms with van der Waals surface area (Å²) >= 11 is 0. The lowest BCUT2D eigenvalue weighted by Gasteiger charge is -2.10. The first kappa shape index (κ1) is 11.3. The van der Waals surface area contributed by atoms with Crippen molar-refractivity contribution in [3.8, 4) is 0 Å².